The molecule has 0 spiro atoms. The Morgan fingerprint density at radius 2 is 1.35 bits per heavy atom. The number of hydrogen-bond acceptors (Lipinski definition) is 2. The van der Waals surface area contributed by atoms with Gasteiger partial charge in [-0.3, -0.25) is 0 Å². The third kappa shape index (κ3) is 1.42. The molecule has 3 rings (SSSR count). The Labute approximate surface area is 100 Å². The van der Waals surface area contributed by atoms with E-state index in [1.807, 2.05) is 49.4 Å². The average Bonchev–Trinajstić information content (AvgIpc) is 2.36. The minimum atomic E-state index is -0.635. The van der Waals surface area contributed by atoms with E-state index in [1.165, 1.54) is 0 Å². The summed E-state index contributed by atoms with van der Waals surface area (Å²) in [4.78, 5) is 0. The highest BCUT2D eigenvalue weighted by Crippen LogP contribution is 2.41. The Bertz CT molecular complexity index is 575. The quantitative estimate of drug-likeness (QED) is 0.724. The summed E-state index contributed by atoms with van der Waals surface area (Å²) >= 11 is 0. The van der Waals surface area contributed by atoms with E-state index in [0.717, 1.165) is 27.8 Å². The third-order valence-electron chi connectivity index (χ3n) is 3.51. The number of aliphatic hydroxyl groups is 2. The van der Waals surface area contributed by atoms with E-state index in [0.29, 0.717) is 0 Å². The minimum absolute atomic E-state index is 0.634. The van der Waals surface area contributed by atoms with Gasteiger partial charge in [0.2, 0.25) is 0 Å². The second-order valence-corrected chi connectivity index (χ2v) is 4.51. The van der Waals surface area contributed by atoms with E-state index < -0.39 is 12.2 Å². The van der Waals surface area contributed by atoms with Crippen LogP contribution in [0.3, 0.4) is 0 Å². The van der Waals surface area contributed by atoms with Crippen molar-refractivity contribution in [2.75, 3.05) is 0 Å². The van der Waals surface area contributed by atoms with Crippen LogP contribution in [0.4, 0.5) is 0 Å². The van der Waals surface area contributed by atoms with Gasteiger partial charge in [0.25, 0.3) is 0 Å². The van der Waals surface area contributed by atoms with Crippen LogP contribution < -0.4 is 0 Å². The van der Waals surface area contributed by atoms with Gasteiger partial charge in [0, 0.05) is 0 Å². The average molecular weight is 226 g/mol. The van der Waals surface area contributed by atoms with Gasteiger partial charge in [0.05, 0.1) is 0 Å². The maximum atomic E-state index is 10.4. The first-order valence-electron chi connectivity index (χ1n) is 5.74. The Hall–Kier alpha value is -1.64. The minimum Gasteiger partial charge on any atom is -0.384 e. The van der Waals surface area contributed by atoms with Crippen molar-refractivity contribution in [1.29, 1.82) is 0 Å². The normalized spacial score (nSPS) is 21.8. The molecule has 2 N–H and O–H groups in total. The lowest BCUT2D eigenvalue weighted by Gasteiger charge is -2.30. The van der Waals surface area contributed by atoms with Crippen LogP contribution in [0.25, 0.3) is 0 Å². The van der Waals surface area contributed by atoms with Crippen molar-refractivity contribution in [1.82, 2.24) is 0 Å². The molecule has 1 aliphatic carbocycles. The first-order valence-corrected chi connectivity index (χ1v) is 5.74. The van der Waals surface area contributed by atoms with Gasteiger partial charge in [0.15, 0.2) is 0 Å². The molecule has 1 aliphatic rings. The molecule has 0 bridgehead atoms. The molecule has 0 aliphatic heterocycles. The summed E-state index contributed by atoms with van der Waals surface area (Å²) in [6.45, 7) is 1.96. The van der Waals surface area contributed by atoms with Crippen LogP contribution in [0.1, 0.15) is 40.0 Å². The van der Waals surface area contributed by atoms with E-state index in [-0.39, 0.29) is 0 Å². The molecular formula is C15H14O2. The Morgan fingerprint density at radius 3 is 2.06 bits per heavy atom. The van der Waals surface area contributed by atoms with Gasteiger partial charge >= 0.3 is 0 Å². The van der Waals surface area contributed by atoms with Gasteiger partial charge in [0.1, 0.15) is 12.2 Å². The van der Waals surface area contributed by atoms with Crippen molar-refractivity contribution in [2.24, 2.45) is 0 Å². The van der Waals surface area contributed by atoms with E-state index >= 15 is 0 Å². The summed E-state index contributed by atoms with van der Waals surface area (Å²) in [6.07, 6.45) is -1.27. The summed E-state index contributed by atoms with van der Waals surface area (Å²) in [6, 6.07) is 13.3. The molecule has 0 saturated heterocycles. The molecule has 0 fully saturated rings. The Balaban J connectivity index is 2.29. The number of rotatable bonds is 0. The fraction of sp³-hybridized carbons (Fsp3) is 0.200. The first kappa shape index (κ1) is 10.5. The van der Waals surface area contributed by atoms with Gasteiger partial charge in [-0.2, -0.15) is 0 Å². The van der Waals surface area contributed by atoms with Crippen molar-refractivity contribution >= 4 is 0 Å². The second-order valence-electron chi connectivity index (χ2n) is 4.51. The molecule has 2 nitrogen and oxygen atoms in total. The molecule has 0 saturated carbocycles. The topological polar surface area (TPSA) is 40.5 Å². The van der Waals surface area contributed by atoms with Gasteiger partial charge < -0.3 is 10.2 Å². The van der Waals surface area contributed by atoms with Gasteiger partial charge in [-0.25, -0.2) is 0 Å². The predicted octanol–water partition coefficient (Wildman–Crippen LogP) is 2.47. The first-order chi connectivity index (χ1) is 8.20. The molecule has 86 valence electrons. The molecule has 17 heavy (non-hydrogen) atoms. The monoisotopic (exact) mass is 226 g/mol. The third-order valence-corrected chi connectivity index (χ3v) is 3.51. The van der Waals surface area contributed by atoms with Crippen molar-refractivity contribution in [3.63, 3.8) is 0 Å². The largest absolute Gasteiger partial charge is 0.384 e. The molecule has 2 heteroatoms. The van der Waals surface area contributed by atoms with E-state index in [4.69, 9.17) is 0 Å². The number of aliphatic hydroxyl groups excluding tert-OH is 2. The summed E-state index contributed by atoms with van der Waals surface area (Å²) in [5.41, 5.74) is 4.29. The van der Waals surface area contributed by atoms with Crippen LogP contribution in [0.5, 0.6) is 0 Å². The second kappa shape index (κ2) is 3.69. The maximum absolute atomic E-state index is 10.4. The van der Waals surface area contributed by atoms with Gasteiger partial charge in [-0.15, -0.1) is 0 Å². The fourth-order valence-electron chi connectivity index (χ4n) is 2.65. The standard InChI is InChI=1S/C15H14O2/c1-9-5-4-8-12-13(9)15(17)11-7-3-2-6-10(11)14(12)16/h2-8,14-17H,1H3. The van der Waals surface area contributed by atoms with Crippen LogP contribution in [0.15, 0.2) is 42.5 Å². The SMILES string of the molecule is Cc1cccc2c1C(O)c1ccccc1C2O. The fourth-order valence-corrected chi connectivity index (χ4v) is 2.65. The smallest absolute Gasteiger partial charge is 0.105 e. The summed E-state index contributed by atoms with van der Waals surface area (Å²) < 4.78 is 0. The number of benzene rings is 2. The van der Waals surface area contributed by atoms with Crippen LogP contribution in [0, 0.1) is 6.92 Å². The van der Waals surface area contributed by atoms with Crippen LogP contribution >= 0.6 is 0 Å². The Morgan fingerprint density at radius 1 is 0.765 bits per heavy atom. The lowest BCUT2D eigenvalue weighted by atomic mass is 9.80. The highest BCUT2D eigenvalue weighted by molar-refractivity contribution is 5.52. The van der Waals surface area contributed by atoms with Crippen molar-refractivity contribution in [3.8, 4) is 0 Å². The zero-order valence-corrected chi connectivity index (χ0v) is 9.59. The van der Waals surface area contributed by atoms with Gasteiger partial charge in [-0.05, 0) is 34.7 Å². The lowest BCUT2D eigenvalue weighted by Crippen LogP contribution is -2.18. The zero-order chi connectivity index (χ0) is 12.0. The summed E-state index contributed by atoms with van der Waals surface area (Å²) in [5, 5.41) is 20.7. The van der Waals surface area contributed by atoms with Crippen LogP contribution in [-0.2, 0) is 0 Å². The summed E-state index contributed by atoms with van der Waals surface area (Å²) in [7, 11) is 0. The number of hydrogen-bond donors (Lipinski definition) is 2. The predicted molar refractivity (Wildman–Crippen MR) is 65.7 cm³/mol. The van der Waals surface area contributed by atoms with Gasteiger partial charge in [-0.1, -0.05) is 42.5 Å². The van der Waals surface area contributed by atoms with Crippen molar-refractivity contribution in [2.45, 2.75) is 19.1 Å². The molecule has 2 atom stereocenters. The van der Waals surface area contributed by atoms with E-state index in [1.54, 1.807) is 0 Å². The highest BCUT2D eigenvalue weighted by Gasteiger charge is 2.30. The molecule has 0 heterocycles. The molecular weight excluding hydrogens is 212 g/mol. The van der Waals surface area contributed by atoms with E-state index in [2.05, 4.69) is 0 Å². The molecule has 2 aromatic carbocycles. The van der Waals surface area contributed by atoms with E-state index in [9.17, 15) is 10.2 Å². The Kier molecular flexibility index (Phi) is 2.28. The van der Waals surface area contributed by atoms with Crippen LogP contribution in [0.2, 0.25) is 0 Å². The maximum Gasteiger partial charge on any atom is 0.105 e. The molecule has 2 aromatic rings. The molecule has 2 unspecified atom stereocenters. The molecule has 0 aromatic heterocycles. The number of fused-ring (bicyclic) bond motifs is 2. The number of aryl methyl sites for hydroxylation is 1. The molecule has 0 radical (unpaired) electrons. The summed E-state index contributed by atoms with van der Waals surface area (Å²) in [5.74, 6) is 0. The lowest BCUT2D eigenvalue weighted by molar-refractivity contribution is 0.172. The van der Waals surface area contributed by atoms with Crippen molar-refractivity contribution in [3.05, 3.63) is 70.3 Å². The highest BCUT2D eigenvalue weighted by atomic mass is 16.3. The zero-order valence-electron chi connectivity index (χ0n) is 9.59. The van der Waals surface area contributed by atoms with Crippen molar-refractivity contribution < 1.29 is 10.2 Å². The van der Waals surface area contributed by atoms with Crippen LogP contribution in [-0.4, -0.2) is 10.2 Å². The molecule has 0 amide bonds.